The van der Waals surface area contributed by atoms with Crippen molar-refractivity contribution in [3.8, 4) is 0 Å². The molecule has 5 heteroatoms. The predicted octanol–water partition coefficient (Wildman–Crippen LogP) is 2.14. The average Bonchev–Trinajstić information content (AvgIpc) is 2.99. The topological polar surface area (TPSA) is 30.9 Å². The lowest BCUT2D eigenvalue weighted by Crippen LogP contribution is -2.44. The maximum atomic E-state index is 4.41. The fraction of sp³-hybridized carbons (Fsp3) is 0.688. The molecule has 118 valence electrons. The van der Waals surface area contributed by atoms with Gasteiger partial charge in [-0.15, -0.1) is 11.3 Å². The van der Waals surface area contributed by atoms with Gasteiger partial charge in [-0.1, -0.05) is 6.07 Å². The van der Waals surface area contributed by atoms with Gasteiger partial charge in [0.25, 0.3) is 0 Å². The molecule has 21 heavy (non-hydrogen) atoms. The zero-order valence-corrected chi connectivity index (χ0v) is 14.3. The van der Waals surface area contributed by atoms with Crippen LogP contribution in [0.5, 0.6) is 0 Å². The zero-order valence-electron chi connectivity index (χ0n) is 13.5. The van der Waals surface area contributed by atoms with Crippen LogP contribution in [0, 0.1) is 5.92 Å². The lowest BCUT2D eigenvalue weighted by atomic mass is 9.98. The number of aliphatic imine (C=N–C) groups is 1. The van der Waals surface area contributed by atoms with E-state index in [4.69, 9.17) is 0 Å². The number of thiophene rings is 1. The molecule has 0 amide bonds. The molecule has 1 fully saturated rings. The molecule has 1 aromatic heterocycles. The maximum Gasteiger partial charge on any atom is 0.193 e. The van der Waals surface area contributed by atoms with E-state index in [1.807, 2.05) is 18.4 Å². The Morgan fingerprint density at radius 2 is 2.43 bits per heavy atom. The van der Waals surface area contributed by atoms with Gasteiger partial charge in [0.05, 0.1) is 0 Å². The van der Waals surface area contributed by atoms with Gasteiger partial charge in [-0.2, -0.15) is 0 Å². The average molecular weight is 308 g/mol. The Balaban J connectivity index is 1.74. The standard InChI is InChI=1S/C16H28N4S/c1-17-16(18-12-14-6-4-9-19(2)13-14)20(3)10-8-15-7-5-11-21-15/h5,7,11,14H,4,6,8-10,12-13H2,1-3H3,(H,17,18). The lowest BCUT2D eigenvalue weighted by molar-refractivity contribution is 0.210. The Morgan fingerprint density at radius 3 is 3.10 bits per heavy atom. The highest BCUT2D eigenvalue weighted by Crippen LogP contribution is 2.14. The fourth-order valence-electron chi connectivity index (χ4n) is 2.90. The summed E-state index contributed by atoms with van der Waals surface area (Å²) in [6, 6.07) is 4.32. The van der Waals surface area contributed by atoms with Gasteiger partial charge in [0, 0.05) is 38.6 Å². The first-order valence-corrected chi connectivity index (χ1v) is 8.69. The van der Waals surface area contributed by atoms with Crippen LogP contribution < -0.4 is 5.32 Å². The predicted molar refractivity (Wildman–Crippen MR) is 92.2 cm³/mol. The van der Waals surface area contributed by atoms with Crippen LogP contribution in [0.4, 0.5) is 0 Å². The second-order valence-electron chi connectivity index (χ2n) is 5.95. The van der Waals surface area contributed by atoms with Crippen molar-refractivity contribution in [2.24, 2.45) is 10.9 Å². The number of hydrogen-bond donors (Lipinski definition) is 1. The monoisotopic (exact) mass is 308 g/mol. The van der Waals surface area contributed by atoms with E-state index in [-0.39, 0.29) is 0 Å². The van der Waals surface area contributed by atoms with Crippen LogP contribution in [0.25, 0.3) is 0 Å². The summed E-state index contributed by atoms with van der Waals surface area (Å²) >= 11 is 1.83. The van der Waals surface area contributed by atoms with E-state index >= 15 is 0 Å². The number of rotatable bonds is 5. The molecule has 2 rings (SSSR count). The Bertz CT molecular complexity index is 429. The van der Waals surface area contributed by atoms with Crippen molar-refractivity contribution < 1.29 is 0 Å². The minimum Gasteiger partial charge on any atom is -0.356 e. The van der Waals surface area contributed by atoms with Crippen LogP contribution in [-0.4, -0.2) is 63.1 Å². The van der Waals surface area contributed by atoms with Gasteiger partial charge < -0.3 is 15.1 Å². The van der Waals surface area contributed by atoms with Crippen LogP contribution in [0.2, 0.25) is 0 Å². The summed E-state index contributed by atoms with van der Waals surface area (Å²) in [5.74, 6) is 1.76. The van der Waals surface area contributed by atoms with Crippen LogP contribution in [0.3, 0.4) is 0 Å². The van der Waals surface area contributed by atoms with Crippen LogP contribution in [0.15, 0.2) is 22.5 Å². The van der Waals surface area contributed by atoms with Crippen molar-refractivity contribution in [3.63, 3.8) is 0 Å². The number of nitrogens with zero attached hydrogens (tertiary/aromatic N) is 3. The van der Waals surface area contributed by atoms with Crippen molar-refractivity contribution >= 4 is 17.3 Å². The Hall–Kier alpha value is -1.07. The molecule has 4 nitrogen and oxygen atoms in total. The molecule has 0 saturated carbocycles. The third kappa shape index (κ3) is 5.32. The van der Waals surface area contributed by atoms with Gasteiger partial charge >= 0.3 is 0 Å². The van der Waals surface area contributed by atoms with Crippen LogP contribution >= 0.6 is 11.3 Å². The van der Waals surface area contributed by atoms with Crippen molar-refractivity contribution in [2.75, 3.05) is 47.3 Å². The second kappa shape index (κ2) is 8.39. The highest BCUT2D eigenvalue weighted by atomic mass is 32.1. The number of nitrogens with one attached hydrogen (secondary N) is 1. The summed E-state index contributed by atoms with van der Waals surface area (Å²) in [5, 5.41) is 5.68. The molecule has 1 unspecified atom stereocenters. The summed E-state index contributed by atoms with van der Waals surface area (Å²) in [6.07, 6.45) is 3.73. The van der Waals surface area contributed by atoms with E-state index in [2.05, 4.69) is 51.7 Å². The molecule has 0 bridgehead atoms. The first-order chi connectivity index (χ1) is 10.2. The van der Waals surface area contributed by atoms with Gasteiger partial charge in [-0.05, 0) is 50.2 Å². The summed E-state index contributed by atoms with van der Waals surface area (Å²) in [4.78, 5) is 10.5. The highest BCUT2D eigenvalue weighted by Gasteiger charge is 2.17. The van der Waals surface area contributed by atoms with E-state index in [9.17, 15) is 0 Å². The molecule has 0 radical (unpaired) electrons. The molecule has 0 spiro atoms. The van der Waals surface area contributed by atoms with E-state index in [1.54, 1.807) is 0 Å². The summed E-state index contributed by atoms with van der Waals surface area (Å²) < 4.78 is 0. The van der Waals surface area contributed by atoms with Crippen molar-refractivity contribution in [3.05, 3.63) is 22.4 Å². The Labute approximate surface area is 132 Å². The molecule has 1 aliphatic heterocycles. The normalized spacial score (nSPS) is 20.5. The second-order valence-corrected chi connectivity index (χ2v) is 6.98. The number of hydrogen-bond acceptors (Lipinski definition) is 3. The Kier molecular flexibility index (Phi) is 6.51. The largest absolute Gasteiger partial charge is 0.356 e. The SMILES string of the molecule is CN=C(NCC1CCCN(C)C1)N(C)CCc1cccs1. The van der Waals surface area contributed by atoms with Crippen LogP contribution in [-0.2, 0) is 6.42 Å². The van der Waals surface area contributed by atoms with Gasteiger partial charge in [-0.25, -0.2) is 0 Å². The minimum absolute atomic E-state index is 0.742. The van der Waals surface area contributed by atoms with Gasteiger partial charge in [0.1, 0.15) is 0 Å². The molecule has 1 saturated heterocycles. The van der Waals surface area contributed by atoms with Crippen molar-refractivity contribution in [2.45, 2.75) is 19.3 Å². The third-order valence-electron chi connectivity index (χ3n) is 4.12. The molecule has 1 aliphatic rings. The number of piperidine rings is 1. The first-order valence-electron chi connectivity index (χ1n) is 7.81. The molecule has 0 aromatic carbocycles. The maximum absolute atomic E-state index is 4.41. The highest BCUT2D eigenvalue weighted by molar-refractivity contribution is 7.09. The molecular weight excluding hydrogens is 280 g/mol. The molecular formula is C16H28N4S. The van der Waals surface area contributed by atoms with E-state index in [1.165, 1.54) is 30.8 Å². The van der Waals surface area contributed by atoms with Gasteiger partial charge in [0.2, 0.25) is 0 Å². The van der Waals surface area contributed by atoms with Crippen molar-refractivity contribution in [1.82, 2.24) is 15.1 Å². The fourth-order valence-corrected chi connectivity index (χ4v) is 3.60. The first kappa shape index (κ1) is 16.3. The molecule has 1 atom stereocenters. The quantitative estimate of drug-likeness (QED) is 0.668. The lowest BCUT2D eigenvalue weighted by Gasteiger charge is -2.31. The van der Waals surface area contributed by atoms with E-state index in [0.29, 0.717) is 0 Å². The number of likely N-dealkylation sites (tertiary alicyclic amines) is 1. The molecule has 1 N–H and O–H groups in total. The van der Waals surface area contributed by atoms with Crippen molar-refractivity contribution in [1.29, 1.82) is 0 Å². The van der Waals surface area contributed by atoms with E-state index < -0.39 is 0 Å². The smallest absolute Gasteiger partial charge is 0.193 e. The number of guanidine groups is 1. The molecule has 0 aliphatic carbocycles. The van der Waals surface area contributed by atoms with Crippen LogP contribution in [0.1, 0.15) is 17.7 Å². The minimum atomic E-state index is 0.742. The summed E-state index contributed by atoms with van der Waals surface area (Å²) in [5.41, 5.74) is 0. The summed E-state index contributed by atoms with van der Waals surface area (Å²) in [7, 11) is 6.21. The van der Waals surface area contributed by atoms with Gasteiger partial charge in [0.15, 0.2) is 5.96 Å². The van der Waals surface area contributed by atoms with E-state index in [0.717, 1.165) is 31.4 Å². The number of likely N-dealkylation sites (N-methyl/N-ethyl adjacent to an activating group) is 1. The summed E-state index contributed by atoms with van der Waals surface area (Å²) in [6.45, 7) is 4.47. The Morgan fingerprint density at radius 1 is 1.57 bits per heavy atom. The third-order valence-corrected chi connectivity index (χ3v) is 5.05. The zero-order chi connectivity index (χ0) is 15.1. The van der Waals surface area contributed by atoms with Gasteiger partial charge in [-0.3, -0.25) is 4.99 Å². The molecule has 2 heterocycles. The molecule has 1 aromatic rings.